The van der Waals surface area contributed by atoms with E-state index in [1.54, 1.807) is 6.07 Å². The van der Waals surface area contributed by atoms with Crippen LogP contribution in [0.1, 0.15) is 32.6 Å². The minimum Gasteiger partial charge on any atom is -0.353 e. The lowest BCUT2D eigenvalue weighted by Gasteiger charge is -2.28. The highest BCUT2D eigenvalue weighted by Crippen LogP contribution is 2.49. The predicted molar refractivity (Wildman–Crippen MR) is 109 cm³/mol. The number of sulfonamides is 1. The number of carbonyl (C=O) groups excluding carboxylic acids is 1. The van der Waals surface area contributed by atoms with Gasteiger partial charge < -0.3 is 9.88 Å². The molecule has 4 atom stereocenters. The zero-order valence-corrected chi connectivity index (χ0v) is 17.7. The topological polar surface area (TPSA) is 107 Å². The van der Waals surface area contributed by atoms with Crippen LogP contribution < -0.4 is 10.5 Å². The average Bonchev–Trinajstić information content (AvgIpc) is 3.34. The average molecular weight is 423 g/mol. The lowest BCUT2D eigenvalue weighted by Crippen LogP contribution is -2.40. The number of fused-ring (bicyclic) bond motifs is 3. The van der Waals surface area contributed by atoms with Crippen molar-refractivity contribution in [1.82, 2.24) is 14.9 Å². The summed E-state index contributed by atoms with van der Waals surface area (Å²) in [5.41, 5.74) is 1.35. The summed E-state index contributed by atoms with van der Waals surface area (Å²) in [6, 6.07) is 4.83. The molecule has 2 saturated carbocycles. The Morgan fingerprint density at radius 2 is 2.18 bits per heavy atom. The molecule has 0 radical (unpaired) electrons. The molecule has 0 spiro atoms. The number of imidazole rings is 1. The van der Waals surface area contributed by atoms with E-state index in [1.807, 2.05) is 11.6 Å². The van der Waals surface area contributed by atoms with Gasteiger partial charge >= 0.3 is 0 Å². The fraction of sp³-hybridized carbons (Fsp3) is 0.579. The summed E-state index contributed by atoms with van der Waals surface area (Å²) >= 11 is 1.35. The van der Waals surface area contributed by atoms with E-state index in [4.69, 9.17) is 5.14 Å². The Balaban J connectivity index is 1.39. The van der Waals surface area contributed by atoms with Gasteiger partial charge in [-0.05, 0) is 62.1 Å². The van der Waals surface area contributed by atoms with Gasteiger partial charge in [-0.3, -0.25) is 4.79 Å². The number of nitrogens with two attached hydrogens (primary N) is 1. The zero-order chi connectivity index (χ0) is 20.1. The molecule has 0 saturated heterocycles. The number of benzene rings is 1. The summed E-state index contributed by atoms with van der Waals surface area (Å²) in [6.45, 7) is 2.12. The molecule has 2 fully saturated rings. The van der Waals surface area contributed by atoms with Crippen molar-refractivity contribution in [1.29, 1.82) is 0 Å². The third kappa shape index (κ3) is 3.79. The van der Waals surface area contributed by atoms with Gasteiger partial charge in [-0.1, -0.05) is 18.2 Å². The van der Waals surface area contributed by atoms with E-state index >= 15 is 0 Å². The van der Waals surface area contributed by atoms with Gasteiger partial charge in [0.15, 0.2) is 5.16 Å². The number of rotatable bonds is 6. The molecule has 1 aromatic heterocycles. The fourth-order valence-corrected chi connectivity index (χ4v) is 6.23. The fourth-order valence-electron chi connectivity index (χ4n) is 4.90. The normalized spacial score (nSPS) is 25.3. The Morgan fingerprint density at radius 3 is 2.82 bits per heavy atom. The minimum absolute atomic E-state index is 0.0116. The molecule has 4 rings (SSSR count). The van der Waals surface area contributed by atoms with Gasteiger partial charge in [0.25, 0.3) is 0 Å². The summed E-state index contributed by atoms with van der Waals surface area (Å²) < 4.78 is 24.9. The third-order valence-electron chi connectivity index (χ3n) is 6.30. The van der Waals surface area contributed by atoms with E-state index in [9.17, 15) is 13.2 Å². The van der Waals surface area contributed by atoms with Crippen molar-refractivity contribution in [3.63, 3.8) is 0 Å². The van der Waals surface area contributed by atoms with E-state index in [2.05, 4.69) is 17.2 Å². The van der Waals surface area contributed by atoms with Crippen LogP contribution in [-0.4, -0.2) is 35.7 Å². The Hall–Kier alpha value is -1.58. The molecule has 9 heteroatoms. The summed E-state index contributed by atoms with van der Waals surface area (Å²) in [7, 11) is -1.92. The molecule has 1 aromatic carbocycles. The Morgan fingerprint density at radius 1 is 1.39 bits per heavy atom. The van der Waals surface area contributed by atoms with Gasteiger partial charge in [0.1, 0.15) is 0 Å². The van der Waals surface area contributed by atoms with Crippen molar-refractivity contribution in [2.24, 2.45) is 29.9 Å². The Bertz CT molecular complexity index is 1020. The van der Waals surface area contributed by atoms with Gasteiger partial charge in [0.05, 0.1) is 21.7 Å². The second-order valence-corrected chi connectivity index (χ2v) is 10.6. The van der Waals surface area contributed by atoms with Crippen LogP contribution in [0.15, 0.2) is 28.3 Å². The number of amides is 1. The van der Waals surface area contributed by atoms with Crippen molar-refractivity contribution in [3.8, 4) is 0 Å². The largest absolute Gasteiger partial charge is 0.353 e. The second-order valence-electron chi connectivity index (χ2n) is 8.13. The summed E-state index contributed by atoms with van der Waals surface area (Å²) in [5, 5.41) is 9.03. The molecular formula is C19H26N4O3S2. The van der Waals surface area contributed by atoms with Crippen LogP contribution in [0.2, 0.25) is 0 Å². The van der Waals surface area contributed by atoms with E-state index in [-0.39, 0.29) is 22.6 Å². The van der Waals surface area contributed by atoms with Crippen LogP contribution in [0.25, 0.3) is 11.0 Å². The van der Waals surface area contributed by atoms with Gasteiger partial charge in [0.2, 0.25) is 15.9 Å². The Labute approximate surface area is 169 Å². The molecule has 7 nitrogen and oxygen atoms in total. The second kappa shape index (κ2) is 7.35. The number of thioether (sulfide) groups is 1. The lowest BCUT2D eigenvalue weighted by molar-refractivity contribution is -0.119. The number of hydrogen-bond acceptors (Lipinski definition) is 5. The predicted octanol–water partition coefficient (Wildman–Crippen LogP) is 2.25. The van der Waals surface area contributed by atoms with Crippen molar-refractivity contribution < 1.29 is 13.2 Å². The highest BCUT2D eigenvalue weighted by molar-refractivity contribution is 7.99. The summed E-state index contributed by atoms with van der Waals surface area (Å²) in [4.78, 5) is 16.9. The third-order valence-corrected chi connectivity index (χ3v) is 8.24. The maximum atomic E-state index is 12.4. The standard InChI is InChI=1S/C19H26N4O3S2/c1-11(15-8-12-3-4-13(15)7-12)21-18(24)10-27-19-22-16-9-14(28(20,25)26)5-6-17(16)23(19)2/h5-6,9,11-13,15H,3-4,7-8,10H2,1-2H3,(H,21,24)(H2,20,25,26)/t11-,12-,13-,15+/m1/s1. The number of aromatic nitrogens is 2. The van der Waals surface area contributed by atoms with Crippen LogP contribution in [0.5, 0.6) is 0 Å². The molecule has 0 unspecified atom stereocenters. The molecular weight excluding hydrogens is 396 g/mol. The SMILES string of the molecule is C[C@@H](NC(=O)CSc1nc2cc(S(N)(=O)=O)ccc2n1C)[C@@H]1C[C@@H]2CC[C@@H]1C2. The van der Waals surface area contributed by atoms with Crippen molar-refractivity contribution >= 4 is 38.7 Å². The summed E-state index contributed by atoms with van der Waals surface area (Å²) in [5.74, 6) is 2.55. The smallest absolute Gasteiger partial charge is 0.238 e. The van der Waals surface area contributed by atoms with Gasteiger partial charge in [-0.15, -0.1) is 0 Å². The molecule has 1 amide bonds. The number of primary sulfonamides is 1. The van der Waals surface area contributed by atoms with E-state index in [1.165, 1.54) is 49.6 Å². The molecule has 1 heterocycles. The van der Waals surface area contributed by atoms with Crippen LogP contribution >= 0.6 is 11.8 Å². The van der Waals surface area contributed by atoms with Crippen LogP contribution in [0.3, 0.4) is 0 Å². The molecule has 28 heavy (non-hydrogen) atoms. The molecule has 152 valence electrons. The number of nitrogens with one attached hydrogen (secondary N) is 1. The lowest BCUT2D eigenvalue weighted by atomic mass is 9.84. The zero-order valence-electron chi connectivity index (χ0n) is 16.1. The van der Waals surface area contributed by atoms with Gasteiger partial charge in [-0.25, -0.2) is 18.5 Å². The molecule has 2 aliphatic carbocycles. The molecule has 2 bridgehead atoms. The first-order valence-corrected chi connectivity index (χ1v) is 12.2. The number of carbonyl (C=O) groups is 1. The van der Waals surface area contributed by atoms with Gasteiger partial charge in [0, 0.05) is 13.1 Å². The molecule has 2 aliphatic rings. The maximum Gasteiger partial charge on any atom is 0.238 e. The maximum absolute atomic E-state index is 12.4. The highest BCUT2D eigenvalue weighted by Gasteiger charge is 2.42. The van der Waals surface area contributed by atoms with Crippen LogP contribution in [0.4, 0.5) is 0 Å². The van der Waals surface area contributed by atoms with E-state index in [0.29, 0.717) is 16.6 Å². The Kier molecular flexibility index (Phi) is 5.18. The summed E-state index contributed by atoms with van der Waals surface area (Å²) in [6.07, 6.45) is 5.25. The highest BCUT2D eigenvalue weighted by atomic mass is 32.2. The number of aryl methyl sites for hydroxylation is 1. The minimum atomic E-state index is -3.77. The quantitative estimate of drug-likeness (QED) is 0.695. The van der Waals surface area contributed by atoms with Crippen LogP contribution in [0, 0.1) is 17.8 Å². The van der Waals surface area contributed by atoms with Gasteiger partial charge in [-0.2, -0.15) is 0 Å². The monoisotopic (exact) mass is 422 g/mol. The van der Waals surface area contributed by atoms with Crippen LogP contribution in [-0.2, 0) is 21.9 Å². The van der Waals surface area contributed by atoms with Crippen molar-refractivity contribution in [2.75, 3.05) is 5.75 Å². The van der Waals surface area contributed by atoms with Crippen molar-refractivity contribution in [3.05, 3.63) is 18.2 Å². The first kappa shape index (κ1) is 19.7. The molecule has 2 aromatic rings. The molecule has 0 aliphatic heterocycles. The number of hydrogen-bond donors (Lipinski definition) is 2. The van der Waals surface area contributed by atoms with E-state index < -0.39 is 10.0 Å². The first-order chi connectivity index (χ1) is 13.2. The molecule has 3 N–H and O–H groups in total. The first-order valence-electron chi connectivity index (χ1n) is 9.64. The van der Waals surface area contributed by atoms with E-state index in [0.717, 1.165) is 17.4 Å². The van der Waals surface area contributed by atoms with Crippen molar-refractivity contribution in [2.45, 2.75) is 48.7 Å². The number of nitrogens with zero attached hydrogens (tertiary/aromatic N) is 2.